The number of aryl methyl sites for hydroxylation is 1. The maximum absolute atomic E-state index is 5.97. The first kappa shape index (κ1) is 17.3. The zero-order valence-corrected chi connectivity index (χ0v) is 15.1. The van der Waals surface area contributed by atoms with Gasteiger partial charge in [0, 0.05) is 0 Å². The Morgan fingerprint density at radius 3 is 2.40 bits per heavy atom. The van der Waals surface area contributed by atoms with Crippen LogP contribution in [0.15, 0.2) is 71.8 Å². The lowest BCUT2D eigenvalue weighted by molar-refractivity contribution is 0.479. The Morgan fingerprint density at radius 2 is 1.68 bits per heavy atom. The molecule has 0 aliphatic carbocycles. The largest absolute Gasteiger partial charge is 0.457 e. The molecular weight excluding hydrogens is 355 g/mol. The molecule has 0 aromatic heterocycles. The third kappa shape index (κ3) is 4.75. The Balaban J connectivity index is 1.62. The first-order valence-electron chi connectivity index (χ1n) is 7.69. The smallest absolute Gasteiger partial charge is 0.130 e. The second kappa shape index (κ2) is 8.06. The molecule has 3 aromatic carbocycles. The second-order valence-electron chi connectivity index (χ2n) is 5.44. The normalized spacial score (nSPS) is 10.8. The molecule has 1 N–H and O–H groups in total. The summed E-state index contributed by atoms with van der Waals surface area (Å²) >= 11 is 11.9. The number of hydrogen-bond acceptors (Lipinski definition) is 3. The molecule has 3 rings (SSSR count). The Morgan fingerprint density at radius 1 is 0.920 bits per heavy atom. The standard InChI is InChI=1S/C20H16Cl2N2O/c1-14-4-2-3-5-20(14)25-17-9-6-15(7-10-17)13-23-24-16-8-11-18(21)19(22)12-16/h2-13,24H,1H3. The van der Waals surface area contributed by atoms with Gasteiger partial charge in [-0.2, -0.15) is 5.10 Å². The van der Waals surface area contributed by atoms with Crippen molar-refractivity contribution in [1.82, 2.24) is 0 Å². The predicted molar refractivity (Wildman–Crippen MR) is 105 cm³/mol. The number of rotatable bonds is 5. The van der Waals surface area contributed by atoms with Gasteiger partial charge < -0.3 is 4.74 Å². The van der Waals surface area contributed by atoms with Crippen LogP contribution < -0.4 is 10.2 Å². The van der Waals surface area contributed by atoms with E-state index < -0.39 is 0 Å². The number of nitrogens with one attached hydrogen (secondary N) is 1. The van der Waals surface area contributed by atoms with Crippen LogP contribution >= 0.6 is 23.2 Å². The van der Waals surface area contributed by atoms with Gasteiger partial charge in [-0.15, -0.1) is 0 Å². The van der Waals surface area contributed by atoms with Gasteiger partial charge in [-0.05, 0) is 66.6 Å². The zero-order valence-electron chi connectivity index (χ0n) is 13.5. The maximum atomic E-state index is 5.97. The fourth-order valence-electron chi connectivity index (χ4n) is 2.17. The van der Waals surface area contributed by atoms with Crippen LogP contribution in [-0.2, 0) is 0 Å². The molecule has 0 atom stereocenters. The van der Waals surface area contributed by atoms with Crippen LogP contribution in [0.5, 0.6) is 11.5 Å². The number of hydrogen-bond donors (Lipinski definition) is 1. The van der Waals surface area contributed by atoms with Crippen molar-refractivity contribution in [3.8, 4) is 11.5 Å². The molecule has 0 heterocycles. The quantitative estimate of drug-likeness (QED) is 0.408. The van der Waals surface area contributed by atoms with Gasteiger partial charge in [0.05, 0.1) is 21.9 Å². The van der Waals surface area contributed by atoms with E-state index in [0.717, 1.165) is 28.3 Å². The molecule has 0 bridgehead atoms. The van der Waals surface area contributed by atoms with Gasteiger partial charge in [-0.1, -0.05) is 41.4 Å². The topological polar surface area (TPSA) is 33.6 Å². The fraction of sp³-hybridized carbons (Fsp3) is 0.0500. The summed E-state index contributed by atoms with van der Waals surface area (Å²) < 4.78 is 5.88. The fourth-order valence-corrected chi connectivity index (χ4v) is 2.46. The van der Waals surface area contributed by atoms with E-state index in [-0.39, 0.29) is 0 Å². The highest BCUT2D eigenvalue weighted by Crippen LogP contribution is 2.25. The van der Waals surface area contributed by atoms with Crippen molar-refractivity contribution in [1.29, 1.82) is 0 Å². The van der Waals surface area contributed by atoms with E-state index >= 15 is 0 Å². The molecule has 0 unspecified atom stereocenters. The summed E-state index contributed by atoms with van der Waals surface area (Å²) in [5.41, 5.74) is 5.73. The van der Waals surface area contributed by atoms with Gasteiger partial charge in [-0.25, -0.2) is 0 Å². The first-order chi connectivity index (χ1) is 12.1. The van der Waals surface area contributed by atoms with Gasteiger partial charge in [0.15, 0.2) is 0 Å². The number of benzene rings is 3. The third-order valence-electron chi connectivity index (χ3n) is 3.53. The molecule has 0 aliphatic rings. The average molecular weight is 371 g/mol. The van der Waals surface area contributed by atoms with Crippen LogP contribution in [0.1, 0.15) is 11.1 Å². The summed E-state index contributed by atoms with van der Waals surface area (Å²) in [7, 11) is 0. The molecule has 0 aliphatic heterocycles. The van der Waals surface area contributed by atoms with Crippen LogP contribution in [0.4, 0.5) is 5.69 Å². The van der Waals surface area contributed by atoms with E-state index in [9.17, 15) is 0 Å². The van der Waals surface area contributed by atoms with Crippen molar-refractivity contribution in [2.24, 2.45) is 5.10 Å². The summed E-state index contributed by atoms with van der Waals surface area (Å²) in [5.74, 6) is 1.63. The SMILES string of the molecule is Cc1ccccc1Oc1ccc(C=NNc2ccc(Cl)c(Cl)c2)cc1. The number of hydrazone groups is 1. The Labute approximate surface area is 156 Å². The second-order valence-corrected chi connectivity index (χ2v) is 6.25. The maximum Gasteiger partial charge on any atom is 0.130 e. The lowest BCUT2D eigenvalue weighted by Gasteiger charge is -2.08. The van der Waals surface area contributed by atoms with Gasteiger partial charge in [-0.3, -0.25) is 5.43 Å². The van der Waals surface area contributed by atoms with Crippen molar-refractivity contribution >= 4 is 35.1 Å². The summed E-state index contributed by atoms with van der Waals surface area (Å²) in [6, 6.07) is 20.9. The number of nitrogens with zero attached hydrogens (tertiary/aromatic N) is 1. The monoisotopic (exact) mass is 370 g/mol. The molecule has 0 radical (unpaired) electrons. The average Bonchev–Trinajstić information content (AvgIpc) is 2.61. The molecule has 0 amide bonds. The molecule has 3 nitrogen and oxygen atoms in total. The van der Waals surface area contributed by atoms with Gasteiger partial charge >= 0.3 is 0 Å². The number of anilines is 1. The van der Waals surface area contributed by atoms with Crippen LogP contribution in [0.3, 0.4) is 0 Å². The molecule has 25 heavy (non-hydrogen) atoms. The summed E-state index contributed by atoms with van der Waals surface area (Å²) in [4.78, 5) is 0. The predicted octanol–water partition coefficient (Wildman–Crippen LogP) is 6.54. The minimum absolute atomic E-state index is 0.486. The molecule has 3 aromatic rings. The molecular formula is C20H16Cl2N2O. The molecule has 0 fully saturated rings. The van der Waals surface area contributed by atoms with E-state index in [1.165, 1.54) is 0 Å². The van der Waals surface area contributed by atoms with E-state index in [1.807, 2.05) is 61.5 Å². The molecule has 0 saturated heterocycles. The van der Waals surface area contributed by atoms with Crippen LogP contribution in [0.25, 0.3) is 0 Å². The highest BCUT2D eigenvalue weighted by Gasteiger charge is 2.00. The molecule has 0 spiro atoms. The third-order valence-corrected chi connectivity index (χ3v) is 4.27. The van der Waals surface area contributed by atoms with E-state index in [2.05, 4.69) is 10.5 Å². The zero-order chi connectivity index (χ0) is 17.6. The van der Waals surface area contributed by atoms with E-state index in [0.29, 0.717) is 10.0 Å². The first-order valence-corrected chi connectivity index (χ1v) is 8.45. The van der Waals surface area contributed by atoms with Crippen molar-refractivity contribution in [2.75, 3.05) is 5.43 Å². The lowest BCUT2D eigenvalue weighted by atomic mass is 10.2. The number of halogens is 2. The highest BCUT2D eigenvalue weighted by atomic mass is 35.5. The molecule has 0 saturated carbocycles. The van der Waals surface area contributed by atoms with Crippen molar-refractivity contribution in [3.63, 3.8) is 0 Å². The van der Waals surface area contributed by atoms with E-state index in [1.54, 1.807) is 18.3 Å². The van der Waals surface area contributed by atoms with E-state index in [4.69, 9.17) is 27.9 Å². The lowest BCUT2D eigenvalue weighted by Crippen LogP contribution is -1.91. The summed E-state index contributed by atoms with van der Waals surface area (Å²) in [6.07, 6.45) is 1.72. The minimum atomic E-state index is 0.486. The Hall–Kier alpha value is -2.49. The molecule has 126 valence electrons. The minimum Gasteiger partial charge on any atom is -0.457 e. The summed E-state index contributed by atoms with van der Waals surface area (Å²) in [6.45, 7) is 2.02. The number of ether oxygens (including phenoxy) is 1. The van der Waals surface area contributed by atoms with Crippen molar-refractivity contribution < 1.29 is 4.74 Å². The Kier molecular flexibility index (Phi) is 5.59. The molecule has 5 heteroatoms. The van der Waals surface area contributed by atoms with Crippen molar-refractivity contribution in [3.05, 3.63) is 87.9 Å². The number of para-hydroxylation sites is 1. The van der Waals surface area contributed by atoms with Crippen molar-refractivity contribution in [2.45, 2.75) is 6.92 Å². The van der Waals surface area contributed by atoms with Gasteiger partial charge in [0.25, 0.3) is 0 Å². The highest BCUT2D eigenvalue weighted by molar-refractivity contribution is 6.42. The Bertz CT molecular complexity index is 892. The van der Waals surface area contributed by atoms with Crippen LogP contribution in [0, 0.1) is 6.92 Å². The van der Waals surface area contributed by atoms with Gasteiger partial charge in [0.2, 0.25) is 0 Å². The van der Waals surface area contributed by atoms with Crippen LogP contribution in [0.2, 0.25) is 10.0 Å². The van der Waals surface area contributed by atoms with Gasteiger partial charge in [0.1, 0.15) is 11.5 Å². The van der Waals surface area contributed by atoms with Crippen LogP contribution in [-0.4, -0.2) is 6.21 Å². The summed E-state index contributed by atoms with van der Waals surface area (Å²) in [5, 5.41) is 5.19.